The van der Waals surface area contributed by atoms with Gasteiger partial charge in [0.15, 0.2) is 0 Å². The van der Waals surface area contributed by atoms with Crippen molar-refractivity contribution in [1.82, 2.24) is 0 Å². The van der Waals surface area contributed by atoms with Gasteiger partial charge in [0.1, 0.15) is 0 Å². The van der Waals surface area contributed by atoms with Crippen molar-refractivity contribution in [3.05, 3.63) is 187 Å². The van der Waals surface area contributed by atoms with E-state index in [4.69, 9.17) is 0 Å². The summed E-state index contributed by atoms with van der Waals surface area (Å²) in [6.45, 7) is 4.72. The fourth-order valence-corrected chi connectivity index (χ4v) is 7.81. The first kappa shape index (κ1) is 28.3. The maximum atomic E-state index is 2.37. The molecule has 228 valence electrons. The first-order valence-electron chi connectivity index (χ1n) is 16.8. The highest BCUT2D eigenvalue weighted by Gasteiger charge is 2.34. The van der Waals surface area contributed by atoms with E-state index in [1.807, 2.05) is 0 Å². The van der Waals surface area contributed by atoms with E-state index in [0.717, 1.165) is 17.1 Å². The fraction of sp³-hybridized carbons (Fsp3) is 0.0638. The second kappa shape index (κ2) is 11.1. The molecule has 8 aromatic rings. The van der Waals surface area contributed by atoms with Crippen molar-refractivity contribution in [2.24, 2.45) is 0 Å². The summed E-state index contributed by atoms with van der Waals surface area (Å²) in [5.74, 6) is 0. The average molecular weight is 614 g/mol. The molecule has 0 saturated heterocycles. The molecule has 0 bridgehead atoms. The maximum Gasteiger partial charge on any atom is 0.0467 e. The summed E-state index contributed by atoms with van der Waals surface area (Å²) in [4.78, 5) is 2.37. The molecule has 1 heteroatoms. The second-order valence-corrected chi connectivity index (χ2v) is 13.4. The molecule has 0 heterocycles. The first-order chi connectivity index (χ1) is 23.6. The highest BCUT2D eigenvalue weighted by Crippen LogP contribution is 2.50. The third-order valence-corrected chi connectivity index (χ3v) is 10.2. The molecule has 0 spiro atoms. The lowest BCUT2D eigenvalue weighted by Gasteiger charge is -2.26. The molecule has 0 aromatic heterocycles. The van der Waals surface area contributed by atoms with Crippen molar-refractivity contribution in [2.45, 2.75) is 19.3 Å². The number of rotatable bonds is 6. The molecule has 9 rings (SSSR count). The minimum absolute atomic E-state index is 0.0151. The van der Waals surface area contributed by atoms with E-state index in [9.17, 15) is 0 Å². The lowest BCUT2D eigenvalue weighted by atomic mass is 9.81. The molecule has 0 amide bonds. The average Bonchev–Trinajstić information content (AvgIpc) is 3.39. The molecular weight excluding hydrogens is 579 g/mol. The lowest BCUT2D eigenvalue weighted by molar-refractivity contribution is 0.663. The summed E-state index contributed by atoms with van der Waals surface area (Å²) >= 11 is 0. The molecule has 0 atom stereocenters. The van der Waals surface area contributed by atoms with Crippen LogP contribution in [0.5, 0.6) is 0 Å². The summed E-state index contributed by atoms with van der Waals surface area (Å²) < 4.78 is 0. The summed E-state index contributed by atoms with van der Waals surface area (Å²) in [5, 5.41) is 5.46. The zero-order valence-electron chi connectivity index (χ0n) is 27.2. The SMILES string of the molecule is CC1(C)c2cccc3ccc4c(-c5cccc(N(c6ccccc6)c6cccc(-c7ccc(-c8ccccc8)cc7)c6)c5)ccc1c4c23. The van der Waals surface area contributed by atoms with Crippen molar-refractivity contribution in [1.29, 1.82) is 0 Å². The fourth-order valence-electron chi connectivity index (χ4n) is 7.81. The van der Waals surface area contributed by atoms with Gasteiger partial charge in [0, 0.05) is 22.5 Å². The van der Waals surface area contributed by atoms with E-state index in [1.54, 1.807) is 0 Å². The second-order valence-electron chi connectivity index (χ2n) is 13.4. The van der Waals surface area contributed by atoms with Crippen molar-refractivity contribution >= 4 is 38.6 Å². The summed E-state index contributed by atoms with van der Waals surface area (Å²) in [7, 11) is 0. The predicted molar refractivity (Wildman–Crippen MR) is 205 cm³/mol. The van der Waals surface area contributed by atoms with Gasteiger partial charge in [-0.1, -0.05) is 153 Å². The molecule has 0 radical (unpaired) electrons. The van der Waals surface area contributed by atoms with Gasteiger partial charge in [-0.25, -0.2) is 0 Å². The number of para-hydroxylation sites is 1. The van der Waals surface area contributed by atoms with Gasteiger partial charge >= 0.3 is 0 Å². The van der Waals surface area contributed by atoms with Crippen LogP contribution in [0.2, 0.25) is 0 Å². The van der Waals surface area contributed by atoms with Crippen LogP contribution in [0.4, 0.5) is 17.1 Å². The molecule has 0 N–H and O–H groups in total. The minimum atomic E-state index is -0.0151. The lowest BCUT2D eigenvalue weighted by Crippen LogP contribution is -2.15. The number of benzene rings is 8. The van der Waals surface area contributed by atoms with Crippen molar-refractivity contribution in [3.63, 3.8) is 0 Å². The summed E-state index contributed by atoms with van der Waals surface area (Å²) in [6, 6.07) is 64.2. The number of anilines is 3. The van der Waals surface area contributed by atoms with Gasteiger partial charge in [-0.15, -0.1) is 0 Å². The Labute approximate surface area is 282 Å². The highest BCUT2D eigenvalue weighted by atomic mass is 15.1. The van der Waals surface area contributed by atoms with E-state index in [1.165, 1.54) is 66.1 Å². The summed E-state index contributed by atoms with van der Waals surface area (Å²) in [6.07, 6.45) is 0. The molecule has 48 heavy (non-hydrogen) atoms. The van der Waals surface area contributed by atoms with Gasteiger partial charge < -0.3 is 4.90 Å². The first-order valence-corrected chi connectivity index (χ1v) is 16.8. The zero-order valence-corrected chi connectivity index (χ0v) is 27.2. The monoisotopic (exact) mass is 613 g/mol. The molecule has 0 fully saturated rings. The van der Waals surface area contributed by atoms with Crippen LogP contribution in [0.25, 0.3) is 54.9 Å². The highest BCUT2D eigenvalue weighted by molar-refractivity contribution is 6.18. The van der Waals surface area contributed by atoms with Crippen LogP contribution in [0.15, 0.2) is 176 Å². The number of nitrogens with zero attached hydrogens (tertiary/aromatic N) is 1. The third-order valence-electron chi connectivity index (χ3n) is 10.2. The van der Waals surface area contributed by atoms with Crippen molar-refractivity contribution in [3.8, 4) is 33.4 Å². The van der Waals surface area contributed by atoms with Crippen LogP contribution in [0.3, 0.4) is 0 Å². The van der Waals surface area contributed by atoms with Gasteiger partial charge in [0.25, 0.3) is 0 Å². The quantitative estimate of drug-likeness (QED) is 0.169. The Balaban J connectivity index is 1.15. The standard InChI is InChI=1S/C47H35N/c1-47(2)43-21-11-14-35-26-27-42-41(28-29-44(47)46(42)45(35)43)37-16-10-20-40(31-37)48(38-17-7-4-8-18-38)39-19-9-15-36(30-39)34-24-22-33(23-25-34)32-12-5-3-6-13-32/h3-31H,1-2H3. The molecule has 8 aromatic carbocycles. The van der Waals surface area contributed by atoms with Gasteiger partial charge in [-0.3, -0.25) is 0 Å². The Bertz CT molecular complexity index is 2460. The largest absolute Gasteiger partial charge is 0.310 e. The minimum Gasteiger partial charge on any atom is -0.310 e. The van der Waals surface area contributed by atoms with Gasteiger partial charge in [-0.2, -0.15) is 0 Å². The van der Waals surface area contributed by atoms with Crippen molar-refractivity contribution < 1.29 is 0 Å². The molecule has 0 unspecified atom stereocenters. The number of hydrogen-bond donors (Lipinski definition) is 0. The Kier molecular flexibility index (Phi) is 6.55. The normalized spacial score (nSPS) is 13.0. The Hall–Kier alpha value is -5.92. The number of hydrogen-bond acceptors (Lipinski definition) is 1. The van der Waals surface area contributed by atoms with Gasteiger partial charge in [0.2, 0.25) is 0 Å². The van der Waals surface area contributed by atoms with Crippen LogP contribution < -0.4 is 4.90 Å². The van der Waals surface area contributed by atoms with Crippen LogP contribution in [0, 0.1) is 0 Å². The van der Waals surface area contributed by atoms with E-state index < -0.39 is 0 Å². The Morgan fingerprint density at radius 1 is 0.375 bits per heavy atom. The van der Waals surface area contributed by atoms with Crippen LogP contribution in [-0.2, 0) is 5.41 Å². The maximum absolute atomic E-state index is 2.37. The van der Waals surface area contributed by atoms with Gasteiger partial charge in [-0.05, 0) is 102 Å². The van der Waals surface area contributed by atoms with Gasteiger partial charge in [0.05, 0.1) is 0 Å². The Morgan fingerprint density at radius 3 is 1.65 bits per heavy atom. The molecule has 1 nitrogen and oxygen atoms in total. The van der Waals surface area contributed by atoms with E-state index in [0.29, 0.717) is 0 Å². The molecule has 1 aliphatic carbocycles. The molecule has 0 aliphatic heterocycles. The van der Waals surface area contributed by atoms with E-state index >= 15 is 0 Å². The van der Waals surface area contributed by atoms with Crippen LogP contribution in [-0.4, -0.2) is 0 Å². The molecule has 1 aliphatic rings. The zero-order chi connectivity index (χ0) is 32.2. The summed E-state index contributed by atoms with van der Waals surface area (Å²) in [5.41, 5.74) is 13.5. The van der Waals surface area contributed by atoms with Crippen LogP contribution >= 0.6 is 0 Å². The van der Waals surface area contributed by atoms with Crippen molar-refractivity contribution in [2.75, 3.05) is 4.90 Å². The molecular formula is C47H35N. The third kappa shape index (κ3) is 4.54. The predicted octanol–water partition coefficient (Wildman–Crippen LogP) is 13.1. The topological polar surface area (TPSA) is 3.24 Å². The van der Waals surface area contributed by atoms with E-state index in [2.05, 4.69) is 195 Å². The van der Waals surface area contributed by atoms with Crippen LogP contribution in [0.1, 0.15) is 25.0 Å². The molecule has 0 saturated carbocycles. The smallest absolute Gasteiger partial charge is 0.0467 e. The Morgan fingerprint density at radius 2 is 0.917 bits per heavy atom. The van der Waals surface area contributed by atoms with E-state index in [-0.39, 0.29) is 5.41 Å².